The van der Waals surface area contributed by atoms with Gasteiger partial charge in [0.25, 0.3) is 5.91 Å². The van der Waals surface area contributed by atoms with Crippen molar-refractivity contribution >= 4 is 23.1 Å². The largest absolute Gasteiger partial charge is 0.353 e. The van der Waals surface area contributed by atoms with Crippen LogP contribution in [0.3, 0.4) is 0 Å². The zero-order valence-corrected chi connectivity index (χ0v) is 15.9. The lowest BCUT2D eigenvalue weighted by atomic mass is 10.2. The summed E-state index contributed by atoms with van der Waals surface area (Å²) >= 11 is 0. The number of amides is 1. The molecule has 0 aromatic carbocycles. The number of hydrogen-bond acceptors (Lipinski definition) is 7. The lowest BCUT2D eigenvalue weighted by Crippen LogP contribution is -2.16. The summed E-state index contributed by atoms with van der Waals surface area (Å²) < 4.78 is 1.60. The number of aromatic nitrogens is 6. The second kappa shape index (κ2) is 7.85. The number of hydrogen-bond donors (Lipinski definition) is 2. The zero-order valence-electron chi connectivity index (χ0n) is 15.9. The third kappa shape index (κ3) is 4.24. The van der Waals surface area contributed by atoms with Crippen molar-refractivity contribution in [2.75, 3.05) is 10.6 Å². The number of rotatable bonds is 5. The average Bonchev–Trinajstić information content (AvgIpc) is 3.09. The molecular weight excluding hydrogens is 368 g/mol. The molecule has 9 heteroatoms. The number of pyridine rings is 2. The van der Waals surface area contributed by atoms with Crippen LogP contribution >= 0.6 is 0 Å². The topological polar surface area (TPSA) is 111 Å². The quantitative estimate of drug-likeness (QED) is 0.542. The summed E-state index contributed by atoms with van der Waals surface area (Å²) in [7, 11) is 1.76. The molecule has 0 atom stereocenters. The van der Waals surface area contributed by atoms with Gasteiger partial charge in [0.1, 0.15) is 23.5 Å². The molecule has 144 valence electrons. The summed E-state index contributed by atoms with van der Waals surface area (Å²) in [6.45, 7) is 1.83. The van der Waals surface area contributed by atoms with E-state index in [0.717, 1.165) is 17.1 Å². The maximum Gasteiger partial charge on any atom is 0.275 e. The second-order valence-electron chi connectivity index (χ2n) is 6.34. The molecule has 0 aliphatic rings. The van der Waals surface area contributed by atoms with Crippen molar-refractivity contribution < 1.29 is 4.79 Å². The van der Waals surface area contributed by atoms with Crippen molar-refractivity contribution in [2.24, 2.45) is 7.05 Å². The summed E-state index contributed by atoms with van der Waals surface area (Å²) in [6, 6.07) is 10.9. The predicted molar refractivity (Wildman–Crippen MR) is 109 cm³/mol. The lowest BCUT2D eigenvalue weighted by molar-refractivity contribution is 0.102. The molecule has 0 fully saturated rings. The Kier molecular flexibility index (Phi) is 4.93. The lowest BCUT2D eigenvalue weighted by Gasteiger charge is -2.09. The smallest absolute Gasteiger partial charge is 0.275 e. The average molecular weight is 386 g/mol. The Morgan fingerprint density at radius 1 is 1.03 bits per heavy atom. The van der Waals surface area contributed by atoms with Gasteiger partial charge in [-0.25, -0.2) is 15.0 Å². The fourth-order valence-corrected chi connectivity index (χ4v) is 2.79. The number of anilines is 3. The van der Waals surface area contributed by atoms with Gasteiger partial charge in [0.05, 0.1) is 23.8 Å². The fourth-order valence-electron chi connectivity index (χ4n) is 2.79. The van der Waals surface area contributed by atoms with E-state index in [1.54, 1.807) is 42.5 Å². The second-order valence-corrected chi connectivity index (χ2v) is 6.34. The van der Waals surface area contributed by atoms with Gasteiger partial charge >= 0.3 is 0 Å². The van der Waals surface area contributed by atoms with E-state index in [4.69, 9.17) is 0 Å². The first-order chi connectivity index (χ1) is 14.1. The van der Waals surface area contributed by atoms with Crippen LogP contribution in [0.15, 0.2) is 61.3 Å². The normalized spacial score (nSPS) is 10.6. The van der Waals surface area contributed by atoms with Crippen molar-refractivity contribution in [1.82, 2.24) is 29.7 Å². The molecule has 0 saturated heterocycles. The van der Waals surface area contributed by atoms with Gasteiger partial charge in [0, 0.05) is 30.7 Å². The van der Waals surface area contributed by atoms with Crippen molar-refractivity contribution in [3.63, 3.8) is 0 Å². The highest BCUT2D eigenvalue weighted by molar-refractivity contribution is 6.03. The van der Waals surface area contributed by atoms with Gasteiger partial charge < -0.3 is 10.6 Å². The molecule has 0 bridgehead atoms. The summed E-state index contributed by atoms with van der Waals surface area (Å²) in [5.74, 6) is 0.210. The molecule has 29 heavy (non-hydrogen) atoms. The molecule has 9 nitrogen and oxygen atoms in total. The summed E-state index contributed by atoms with van der Waals surface area (Å²) in [4.78, 5) is 29.4. The molecule has 0 unspecified atom stereocenters. The van der Waals surface area contributed by atoms with Gasteiger partial charge in [-0.1, -0.05) is 6.07 Å². The SMILES string of the molecule is Cc1cc(Nc2cncnc2)cc(C(=O)Nc2cc(-c3ccccn3)nn2C)n1. The third-order valence-electron chi connectivity index (χ3n) is 4.08. The van der Waals surface area contributed by atoms with Crippen molar-refractivity contribution in [3.05, 3.63) is 72.7 Å². The Hall–Kier alpha value is -4.14. The summed E-state index contributed by atoms with van der Waals surface area (Å²) in [5, 5.41) is 10.4. The highest BCUT2D eigenvalue weighted by Gasteiger charge is 2.14. The molecule has 2 N–H and O–H groups in total. The molecule has 4 aromatic heterocycles. The van der Waals surface area contributed by atoms with E-state index in [0.29, 0.717) is 17.2 Å². The van der Waals surface area contributed by atoms with Crippen LogP contribution in [0.5, 0.6) is 0 Å². The maximum atomic E-state index is 12.8. The minimum atomic E-state index is -0.336. The van der Waals surface area contributed by atoms with Crippen LogP contribution in [-0.4, -0.2) is 35.6 Å². The Bertz CT molecular complexity index is 1140. The Morgan fingerprint density at radius 3 is 2.62 bits per heavy atom. The van der Waals surface area contributed by atoms with Crippen LogP contribution in [0.4, 0.5) is 17.2 Å². The molecular formula is C20H18N8O. The first-order valence-electron chi connectivity index (χ1n) is 8.86. The van der Waals surface area contributed by atoms with E-state index >= 15 is 0 Å². The number of nitrogens with one attached hydrogen (secondary N) is 2. The van der Waals surface area contributed by atoms with Crippen molar-refractivity contribution in [3.8, 4) is 11.4 Å². The predicted octanol–water partition coefficient (Wildman–Crippen LogP) is 2.97. The molecule has 0 saturated carbocycles. The van der Waals surface area contributed by atoms with Crippen LogP contribution in [0.2, 0.25) is 0 Å². The highest BCUT2D eigenvalue weighted by Crippen LogP contribution is 2.21. The minimum absolute atomic E-state index is 0.282. The summed E-state index contributed by atoms with van der Waals surface area (Å²) in [6.07, 6.45) is 6.45. The zero-order chi connectivity index (χ0) is 20.2. The van der Waals surface area contributed by atoms with Crippen molar-refractivity contribution in [1.29, 1.82) is 0 Å². The summed E-state index contributed by atoms with van der Waals surface area (Å²) in [5.41, 5.74) is 3.83. The molecule has 1 amide bonds. The van der Waals surface area contributed by atoms with Gasteiger partial charge in [-0.2, -0.15) is 5.10 Å². The molecule has 0 radical (unpaired) electrons. The monoisotopic (exact) mass is 386 g/mol. The molecule has 4 aromatic rings. The third-order valence-corrected chi connectivity index (χ3v) is 4.08. The molecule has 0 spiro atoms. The van der Waals surface area contributed by atoms with E-state index in [1.165, 1.54) is 6.33 Å². The number of nitrogens with zero attached hydrogens (tertiary/aromatic N) is 6. The Balaban J connectivity index is 1.55. The van der Waals surface area contributed by atoms with E-state index in [-0.39, 0.29) is 11.6 Å². The molecule has 0 aliphatic carbocycles. The first kappa shape index (κ1) is 18.2. The van der Waals surface area contributed by atoms with Crippen LogP contribution < -0.4 is 10.6 Å². The van der Waals surface area contributed by atoms with E-state index in [2.05, 4.69) is 35.7 Å². The fraction of sp³-hybridized carbons (Fsp3) is 0.100. The number of carbonyl (C=O) groups excluding carboxylic acids is 1. The van der Waals surface area contributed by atoms with Crippen LogP contribution in [0.1, 0.15) is 16.2 Å². The van der Waals surface area contributed by atoms with Crippen LogP contribution in [-0.2, 0) is 7.05 Å². The number of aryl methyl sites for hydroxylation is 2. The van der Waals surface area contributed by atoms with E-state index < -0.39 is 0 Å². The Labute approximate surface area is 166 Å². The molecule has 4 heterocycles. The van der Waals surface area contributed by atoms with Gasteiger partial charge in [-0.05, 0) is 31.2 Å². The van der Waals surface area contributed by atoms with E-state index in [9.17, 15) is 4.79 Å². The molecule has 0 aliphatic heterocycles. The first-order valence-corrected chi connectivity index (χ1v) is 8.86. The standard InChI is InChI=1S/C20H18N8O/c1-13-7-14(25-15-10-21-12-22-11-15)8-18(24-13)20(29)26-19-9-17(27-28(19)2)16-5-3-4-6-23-16/h3-12H,1-2H3,(H,24,25)(H,26,29). The van der Waals surface area contributed by atoms with Crippen LogP contribution in [0.25, 0.3) is 11.4 Å². The van der Waals surface area contributed by atoms with Gasteiger partial charge in [0.2, 0.25) is 0 Å². The maximum absolute atomic E-state index is 12.8. The minimum Gasteiger partial charge on any atom is -0.353 e. The Morgan fingerprint density at radius 2 is 1.86 bits per heavy atom. The van der Waals surface area contributed by atoms with Gasteiger partial charge in [-0.3, -0.25) is 14.5 Å². The molecule has 4 rings (SSSR count). The van der Waals surface area contributed by atoms with Gasteiger partial charge in [-0.15, -0.1) is 0 Å². The van der Waals surface area contributed by atoms with E-state index in [1.807, 2.05) is 31.2 Å². The van der Waals surface area contributed by atoms with Crippen LogP contribution in [0, 0.1) is 6.92 Å². The number of carbonyl (C=O) groups is 1. The van der Waals surface area contributed by atoms with Gasteiger partial charge in [0.15, 0.2) is 0 Å². The highest BCUT2D eigenvalue weighted by atomic mass is 16.2. The van der Waals surface area contributed by atoms with Crippen molar-refractivity contribution in [2.45, 2.75) is 6.92 Å².